The monoisotopic (exact) mass is 176 g/mol. The van der Waals surface area contributed by atoms with Gasteiger partial charge in [-0.15, -0.1) is 0 Å². The SMILES string of the molecule is CC1=C(C)C(C)C(C)=C1C.[KH]. The molecule has 0 atom stereocenters. The summed E-state index contributed by atoms with van der Waals surface area (Å²) in [6.45, 7) is 11.2. The molecule has 0 bridgehead atoms. The zero-order valence-electron chi connectivity index (χ0n) is 7.58. The van der Waals surface area contributed by atoms with Gasteiger partial charge >= 0.3 is 51.4 Å². The average molecular weight is 176 g/mol. The van der Waals surface area contributed by atoms with Gasteiger partial charge in [-0.1, -0.05) is 18.1 Å². The van der Waals surface area contributed by atoms with E-state index in [0.29, 0.717) is 5.92 Å². The topological polar surface area (TPSA) is 0 Å². The Labute approximate surface area is 113 Å². The molecule has 1 aliphatic carbocycles. The van der Waals surface area contributed by atoms with Crippen LogP contribution in [0.2, 0.25) is 0 Å². The molecule has 1 heteroatoms. The summed E-state index contributed by atoms with van der Waals surface area (Å²) in [4.78, 5) is 0. The van der Waals surface area contributed by atoms with Crippen molar-refractivity contribution >= 4 is 51.4 Å². The van der Waals surface area contributed by atoms with E-state index < -0.39 is 0 Å². The Morgan fingerprint density at radius 1 is 0.818 bits per heavy atom. The molecule has 58 valence electrons. The molecule has 0 fully saturated rings. The van der Waals surface area contributed by atoms with Gasteiger partial charge in [0.25, 0.3) is 0 Å². The first kappa shape index (κ1) is 12.1. The molecule has 0 aromatic carbocycles. The van der Waals surface area contributed by atoms with Crippen molar-refractivity contribution in [1.82, 2.24) is 0 Å². The number of hydrogen-bond acceptors (Lipinski definition) is 0. The van der Waals surface area contributed by atoms with Gasteiger partial charge in [0.15, 0.2) is 0 Å². The Balaban J connectivity index is 0.000001000. The fourth-order valence-electron chi connectivity index (χ4n) is 1.57. The maximum atomic E-state index is 2.28. The molecular formula is C10H17K. The predicted octanol–water partition coefficient (Wildman–Crippen LogP) is 2.66. The Bertz CT molecular complexity index is 197. The summed E-state index contributed by atoms with van der Waals surface area (Å²) in [7, 11) is 0. The molecule has 0 radical (unpaired) electrons. The number of hydrogen-bond donors (Lipinski definition) is 0. The Kier molecular flexibility index (Phi) is 4.82. The zero-order chi connectivity index (χ0) is 7.89. The summed E-state index contributed by atoms with van der Waals surface area (Å²) in [5, 5.41) is 0. The van der Waals surface area contributed by atoms with Crippen molar-refractivity contribution in [3.63, 3.8) is 0 Å². The second-order valence-corrected chi connectivity index (χ2v) is 3.34. The maximum absolute atomic E-state index is 2.28. The van der Waals surface area contributed by atoms with Crippen LogP contribution in [0.25, 0.3) is 0 Å². The van der Waals surface area contributed by atoms with Gasteiger partial charge in [0.05, 0.1) is 0 Å². The quantitative estimate of drug-likeness (QED) is 0.498. The van der Waals surface area contributed by atoms with E-state index >= 15 is 0 Å². The first-order valence-electron chi connectivity index (χ1n) is 3.90. The van der Waals surface area contributed by atoms with E-state index in [9.17, 15) is 0 Å². The van der Waals surface area contributed by atoms with Crippen LogP contribution < -0.4 is 0 Å². The molecule has 0 saturated heterocycles. The molecule has 0 heterocycles. The molecule has 11 heavy (non-hydrogen) atoms. The van der Waals surface area contributed by atoms with Gasteiger partial charge < -0.3 is 0 Å². The van der Waals surface area contributed by atoms with Crippen LogP contribution in [-0.4, -0.2) is 51.4 Å². The van der Waals surface area contributed by atoms with Crippen LogP contribution in [-0.2, 0) is 0 Å². The van der Waals surface area contributed by atoms with Crippen LogP contribution >= 0.6 is 0 Å². The van der Waals surface area contributed by atoms with Gasteiger partial charge in [-0.3, -0.25) is 0 Å². The van der Waals surface area contributed by atoms with Gasteiger partial charge in [-0.05, 0) is 44.8 Å². The number of allylic oxidation sites excluding steroid dienone is 4. The summed E-state index contributed by atoms with van der Waals surface area (Å²) in [5.74, 6) is 0.694. The van der Waals surface area contributed by atoms with Gasteiger partial charge in [-0.25, -0.2) is 0 Å². The summed E-state index contributed by atoms with van der Waals surface area (Å²) in [6.07, 6.45) is 0. The van der Waals surface area contributed by atoms with Crippen LogP contribution in [0.15, 0.2) is 22.3 Å². The van der Waals surface area contributed by atoms with Crippen molar-refractivity contribution < 1.29 is 0 Å². The van der Waals surface area contributed by atoms with Crippen molar-refractivity contribution in [3.05, 3.63) is 22.3 Å². The van der Waals surface area contributed by atoms with E-state index in [1.54, 1.807) is 11.1 Å². The molecule has 0 unspecified atom stereocenters. The van der Waals surface area contributed by atoms with E-state index in [2.05, 4.69) is 34.6 Å². The third kappa shape index (κ3) is 2.07. The molecular weight excluding hydrogens is 159 g/mol. The molecule has 0 amide bonds. The Morgan fingerprint density at radius 3 is 1.18 bits per heavy atom. The van der Waals surface area contributed by atoms with Gasteiger partial charge in [0, 0.05) is 0 Å². The van der Waals surface area contributed by atoms with Gasteiger partial charge in [0.2, 0.25) is 0 Å². The van der Waals surface area contributed by atoms with Crippen molar-refractivity contribution in [2.45, 2.75) is 34.6 Å². The van der Waals surface area contributed by atoms with Crippen molar-refractivity contribution in [2.75, 3.05) is 0 Å². The number of rotatable bonds is 0. The fraction of sp³-hybridized carbons (Fsp3) is 0.600. The molecule has 1 rings (SSSR count). The molecule has 0 spiro atoms. The molecule has 0 aromatic rings. The first-order chi connectivity index (χ1) is 4.55. The zero-order valence-corrected chi connectivity index (χ0v) is 7.58. The minimum atomic E-state index is 0. The standard InChI is InChI=1S/C10H16.K.H/c1-6-7(2)9(4)10(5)8(6)3;;/h6H,1-5H3;;. The summed E-state index contributed by atoms with van der Waals surface area (Å²) < 4.78 is 0. The van der Waals surface area contributed by atoms with E-state index in [1.807, 2.05) is 0 Å². The van der Waals surface area contributed by atoms with Gasteiger partial charge in [-0.2, -0.15) is 0 Å². The average Bonchev–Trinajstić information content (AvgIpc) is 2.07. The third-order valence-electron chi connectivity index (χ3n) is 3.04. The van der Waals surface area contributed by atoms with Crippen LogP contribution in [0.1, 0.15) is 34.6 Å². The minimum absolute atomic E-state index is 0. The van der Waals surface area contributed by atoms with Crippen LogP contribution in [0, 0.1) is 5.92 Å². The molecule has 1 aliphatic rings. The molecule has 0 aliphatic heterocycles. The van der Waals surface area contributed by atoms with E-state index in [-0.39, 0.29) is 51.4 Å². The molecule has 0 nitrogen and oxygen atoms in total. The van der Waals surface area contributed by atoms with Crippen LogP contribution in [0.4, 0.5) is 0 Å². The van der Waals surface area contributed by atoms with Crippen molar-refractivity contribution in [1.29, 1.82) is 0 Å². The first-order valence-corrected chi connectivity index (χ1v) is 3.90. The molecule has 0 N–H and O–H groups in total. The van der Waals surface area contributed by atoms with E-state index in [0.717, 1.165) is 0 Å². The summed E-state index contributed by atoms with van der Waals surface area (Å²) in [6, 6.07) is 0. The fourth-order valence-corrected chi connectivity index (χ4v) is 1.57. The third-order valence-corrected chi connectivity index (χ3v) is 3.04. The van der Waals surface area contributed by atoms with Crippen LogP contribution in [0.5, 0.6) is 0 Å². The second kappa shape index (κ2) is 4.38. The molecule has 0 saturated carbocycles. The summed E-state index contributed by atoms with van der Waals surface area (Å²) >= 11 is 0. The second-order valence-electron chi connectivity index (χ2n) is 3.34. The van der Waals surface area contributed by atoms with Crippen LogP contribution in [0.3, 0.4) is 0 Å². The Morgan fingerprint density at radius 2 is 1.09 bits per heavy atom. The van der Waals surface area contributed by atoms with Crippen molar-refractivity contribution in [2.24, 2.45) is 5.92 Å². The van der Waals surface area contributed by atoms with E-state index in [1.165, 1.54) is 11.1 Å². The van der Waals surface area contributed by atoms with E-state index in [4.69, 9.17) is 0 Å². The normalized spacial score (nSPS) is 19.4. The Hall–Kier alpha value is 1.12. The van der Waals surface area contributed by atoms with Crippen molar-refractivity contribution in [3.8, 4) is 0 Å². The molecule has 0 aromatic heterocycles. The van der Waals surface area contributed by atoms with Gasteiger partial charge in [0.1, 0.15) is 0 Å². The summed E-state index contributed by atoms with van der Waals surface area (Å²) in [5.41, 5.74) is 6.11. The predicted molar refractivity (Wildman–Crippen MR) is 53.1 cm³/mol.